The molecule has 1 fully saturated rings. The van der Waals surface area contributed by atoms with Gasteiger partial charge in [-0.25, -0.2) is 0 Å². The first-order valence-corrected chi connectivity index (χ1v) is 5.91. The van der Waals surface area contributed by atoms with Crippen molar-refractivity contribution in [3.63, 3.8) is 0 Å². The lowest BCUT2D eigenvalue weighted by Crippen LogP contribution is -2.20. The molecule has 1 aromatic carbocycles. The summed E-state index contributed by atoms with van der Waals surface area (Å²) < 4.78 is 6.07. The van der Waals surface area contributed by atoms with Crippen molar-refractivity contribution in [2.75, 3.05) is 6.61 Å². The van der Waals surface area contributed by atoms with E-state index in [9.17, 15) is 0 Å². The van der Waals surface area contributed by atoms with E-state index in [-0.39, 0.29) is 12.2 Å². The van der Waals surface area contributed by atoms with E-state index in [0.717, 1.165) is 17.7 Å². The van der Waals surface area contributed by atoms with Crippen LogP contribution in [-0.4, -0.2) is 18.4 Å². The molecule has 0 N–H and O–H groups in total. The van der Waals surface area contributed by atoms with Gasteiger partial charge in [-0.2, -0.15) is 0 Å². The summed E-state index contributed by atoms with van der Waals surface area (Å²) in [5.41, 5.74) is 2.18. The van der Waals surface area contributed by atoms with E-state index in [4.69, 9.17) is 9.57 Å². The van der Waals surface area contributed by atoms with Crippen molar-refractivity contribution in [2.45, 2.75) is 18.6 Å². The molecule has 0 bridgehead atoms. The van der Waals surface area contributed by atoms with Crippen LogP contribution in [0.15, 0.2) is 48.1 Å². The molecule has 0 aromatic heterocycles. The smallest absolute Gasteiger partial charge is 0.127 e. The molecule has 1 aromatic rings. The van der Waals surface area contributed by atoms with Gasteiger partial charge in [0.1, 0.15) is 12.7 Å². The molecule has 0 saturated carbocycles. The lowest BCUT2D eigenvalue weighted by molar-refractivity contribution is 0.0158. The molecule has 3 rings (SSSR count). The van der Waals surface area contributed by atoms with Crippen molar-refractivity contribution < 1.29 is 9.57 Å². The summed E-state index contributed by atoms with van der Waals surface area (Å²) in [6, 6.07) is 10.2. The molecule has 2 aliphatic rings. The lowest BCUT2D eigenvalue weighted by atomic mass is 9.94. The zero-order valence-corrected chi connectivity index (χ0v) is 9.58. The van der Waals surface area contributed by atoms with Crippen LogP contribution < -0.4 is 0 Å². The van der Waals surface area contributed by atoms with Crippen LogP contribution in [-0.2, 0) is 9.57 Å². The zero-order valence-electron chi connectivity index (χ0n) is 9.58. The van der Waals surface area contributed by atoms with E-state index >= 15 is 0 Å². The monoisotopic (exact) mass is 229 g/mol. The minimum atomic E-state index is -0.0475. The third-order valence-corrected chi connectivity index (χ3v) is 3.33. The van der Waals surface area contributed by atoms with Crippen LogP contribution in [0.4, 0.5) is 0 Å². The molecular weight excluding hydrogens is 214 g/mol. The van der Waals surface area contributed by atoms with Crippen molar-refractivity contribution in [3.8, 4) is 0 Å². The Labute approximate surface area is 101 Å². The third-order valence-electron chi connectivity index (χ3n) is 3.33. The first-order valence-electron chi connectivity index (χ1n) is 5.91. The average Bonchev–Trinajstić information content (AvgIpc) is 2.94. The van der Waals surface area contributed by atoms with Crippen LogP contribution in [0.5, 0.6) is 0 Å². The molecule has 3 nitrogen and oxygen atoms in total. The van der Waals surface area contributed by atoms with Gasteiger partial charge in [0.05, 0.1) is 17.7 Å². The second-order valence-electron chi connectivity index (χ2n) is 4.41. The molecular formula is C14H15NO2. The van der Waals surface area contributed by atoms with Crippen molar-refractivity contribution in [1.29, 1.82) is 0 Å². The molecule has 0 aliphatic carbocycles. The van der Waals surface area contributed by atoms with Gasteiger partial charge in [-0.05, 0) is 12.0 Å². The number of hydrogen-bond donors (Lipinski definition) is 0. The lowest BCUT2D eigenvalue weighted by Gasteiger charge is -2.14. The van der Waals surface area contributed by atoms with Crippen LogP contribution in [0.25, 0.3) is 0 Å². The Bertz CT molecular complexity index is 441. The summed E-state index contributed by atoms with van der Waals surface area (Å²) >= 11 is 0. The SMILES string of the molecule is C=CC[C@H]1O[C@H](c2ccccc2)C2=NOC[C@@H]21. The van der Waals surface area contributed by atoms with E-state index in [1.54, 1.807) is 0 Å². The van der Waals surface area contributed by atoms with E-state index in [2.05, 4.69) is 23.9 Å². The number of nitrogens with zero attached hydrogens (tertiary/aromatic N) is 1. The van der Waals surface area contributed by atoms with Crippen LogP contribution in [0.1, 0.15) is 18.1 Å². The minimum Gasteiger partial charge on any atom is -0.395 e. The number of hydrogen-bond acceptors (Lipinski definition) is 3. The van der Waals surface area contributed by atoms with Gasteiger partial charge in [0.25, 0.3) is 0 Å². The second kappa shape index (κ2) is 4.34. The Kier molecular flexibility index (Phi) is 2.69. The largest absolute Gasteiger partial charge is 0.395 e. The van der Waals surface area contributed by atoms with Crippen molar-refractivity contribution in [3.05, 3.63) is 48.6 Å². The van der Waals surface area contributed by atoms with E-state index < -0.39 is 0 Å². The number of ether oxygens (including phenoxy) is 1. The third kappa shape index (κ3) is 1.76. The number of fused-ring (bicyclic) bond motifs is 1. The normalized spacial score (nSPS) is 30.6. The highest BCUT2D eigenvalue weighted by Gasteiger charge is 2.44. The van der Waals surface area contributed by atoms with Gasteiger partial charge in [-0.1, -0.05) is 41.6 Å². The summed E-state index contributed by atoms with van der Waals surface area (Å²) in [6.45, 7) is 4.41. The maximum Gasteiger partial charge on any atom is 0.127 e. The fraction of sp³-hybridized carbons (Fsp3) is 0.357. The van der Waals surface area contributed by atoms with Gasteiger partial charge < -0.3 is 9.57 Å². The standard InChI is InChI=1S/C14H15NO2/c1-2-6-12-11-9-16-15-13(11)14(17-12)10-7-4-3-5-8-10/h2-5,7-8,11-12,14H,1,6,9H2/t11-,12-,14-/m1/s1. The van der Waals surface area contributed by atoms with Crippen LogP contribution in [0.2, 0.25) is 0 Å². The fourth-order valence-corrected chi connectivity index (χ4v) is 2.49. The molecule has 1 saturated heterocycles. The summed E-state index contributed by atoms with van der Waals surface area (Å²) in [7, 11) is 0. The Hall–Kier alpha value is -1.61. The Morgan fingerprint density at radius 2 is 2.18 bits per heavy atom. The van der Waals surface area contributed by atoms with Crippen LogP contribution in [0.3, 0.4) is 0 Å². The molecule has 0 amide bonds. The maximum absolute atomic E-state index is 6.07. The highest BCUT2D eigenvalue weighted by molar-refractivity contribution is 5.94. The van der Waals surface area contributed by atoms with Gasteiger partial charge >= 0.3 is 0 Å². The molecule has 3 atom stereocenters. The quantitative estimate of drug-likeness (QED) is 0.746. The summed E-state index contributed by atoms with van der Waals surface area (Å²) in [6.07, 6.45) is 2.84. The van der Waals surface area contributed by atoms with Gasteiger partial charge in [-0.15, -0.1) is 6.58 Å². The molecule has 2 heterocycles. The molecule has 88 valence electrons. The van der Waals surface area contributed by atoms with Crippen LogP contribution >= 0.6 is 0 Å². The van der Waals surface area contributed by atoms with Crippen molar-refractivity contribution >= 4 is 5.71 Å². The van der Waals surface area contributed by atoms with Crippen LogP contribution in [0, 0.1) is 5.92 Å². The van der Waals surface area contributed by atoms with E-state index in [1.807, 2.05) is 24.3 Å². The summed E-state index contributed by atoms with van der Waals surface area (Å²) in [4.78, 5) is 5.21. The van der Waals surface area contributed by atoms with Crippen molar-refractivity contribution in [2.24, 2.45) is 11.1 Å². The predicted octanol–water partition coefficient (Wildman–Crippen LogP) is 2.71. The van der Waals surface area contributed by atoms with Gasteiger partial charge in [-0.3, -0.25) is 0 Å². The predicted molar refractivity (Wildman–Crippen MR) is 65.7 cm³/mol. The summed E-state index contributed by atoms with van der Waals surface area (Å²) in [5, 5.41) is 4.15. The molecule has 0 radical (unpaired) electrons. The van der Waals surface area contributed by atoms with Crippen molar-refractivity contribution in [1.82, 2.24) is 0 Å². The van der Waals surface area contributed by atoms with Gasteiger partial charge in [0.2, 0.25) is 0 Å². The first-order chi connectivity index (χ1) is 8.40. The summed E-state index contributed by atoms with van der Waals surface area (Å²) in [5.74, 6) is 0.290. The minimum absolute atomic E-state index is 0.0475. The number of oxime groups is 1. The second-order valence-corrected chi connectivity index (χ2v) is 4.41. The zero-order chi connectivity index (χ0) is 11.7. The average molecular weight is 229 g/mol. The van der Waals surface area contributed by atoms with E-state index in [1.165, 1.54) is 0 Å². The Morgan fingerprint density at radius 1 is 1.35 bits per heavy atom. The fourth-order valence-electron chi connectivity index (χ4n) is 2.49. The highest BCUT2D eigenvalue weighted by Crippen LogP contribution is 2.39. The van der Waals surface area contributed by atoms with Gasteiger partial charge in [0.15, 0.2) is 0 Å². The molecule has 17 heavy (non-hydrogen) atoms. The highest BCUT2D eigenvalue weighted by atomic mass is 16.6. The Balaban J connectivity index is 1.89. The van der Waals surface area contributed by atoms with Gasteiger partial charge in [0, 0.05) is 0 Å². The topological polar surface area (TPSA) is 30.8 Å². The first kappa shape index (κ1) is 10.5. The molecule has 0 spiro atoms. The molecule has 2 aliphatic heterocycles. The van der Waals surface area contributed by atoms with E-state index in [0.29, 0.717) is 12.5 Å². The molecule has 3 heteroatoms. The maximum atomic E-state index is 6.07. The number of benzene rings is 1. The number of rotatable bonds is 3. The molecule has 0 unspecified atom stereocenters. The Morgan fingerprint density at radius 3 is 2.94 bits per heavy atom.